The highest BCUT2D eigenvalue weighted by atomic mass is 16.5. The van der Waals surface area contributed by atoms with Gasteiger partial charge in [0.1, 0.15) is 11.8 Å². The summed E-state index contributed by atoms with van der Waals surface area (Å²) >= 11 is 0. The molecule has 6 nitrogen and oxygen atoms in total. The first-order valence-corrected chi connectivity index (χ1v) is 6.06. The van der Waals surface area contributed by atoms with Gasteiger partial charge in [-0.25, -0.2) is 4.79 Å². The van der Waals surface area contributed by atoms with Gasteiger partial charge in [-0.1, -0.05) is 6.07 Å². The van der Waals surface area contributed by atoms with Crippen LogP contribution in [0.25, 0.3) is 0 Å². The van der Waals surface area contributed by atoms with Gasteiger partial charge < -0.3 is 20.3 Å². The summed E-state index contributed by atoms with van der Waals surface area (Å²) in [5, 5.41) is 5.34. The number of hydrogen-bond acceptors (Lipinski definition) is 3. The molecule has 3 amide bonds. The number of ether oxygens (including phenoxy) is 1. The molecule has 1 aromatic carbocycles. The summed E-state index contributed by atoms with van der Waals surface area (Å²) in [6.45, 7) is 0.670. The second-order valence-corrected chi connectivity index (χ2v) is 4.43. The van der Waals surface area contributed by atoms with Gasteiger partial charge in [-0.05, 0) is 18.6 Å². The minimum Gasteiger partial charge on any atom is -0.497 e. The molecular formula is C13H17N3O3. The SMILES string of the molecule is COc1cccc(NC(=O)N[C@H]2CCN(C)C2=O)c1. The number of amides is 3. The highest BCUT2D eigenvalue weighted by Gasteiger charge is 2.30. The zero-order chi connectivity index (χ0) is 13.8. The molecule has 1 aliphatic rings. The summed E-state index contributed by atoms with van der Waals surface area (Å²) in [5.74, 6) is 0.607. The number of anilines is 1. The average molecular weight is 263 g/mol. The largest absolute Gasteiger partial charge is 0.497 e. The van der Waals surface area contributed by atoms with Crippen LogP contribution in [0, 0.1) is 0 Å². The van der Waals surface area contributed by atoms with Crippen LogP contribution in [0.5, 0.6) is 5.75 Å². The van der Waals surface area contributed by atoms with E-state index < -0.39 is 6.04 Å². The predicted molar refractivity (Wildman–Crippen MR) is 71.2 cm³/mol. The molecule has 0 bridgehead atoms. The van der Waals surface area contributed by atoms with Crippen LogP contribution in [0.2, 0.25) is 0 Å². The van der Waals surface area contributed by atoms with Crippen LogP contribution in [0.1, 0.15) is 6.42 Å². The maximum Gasteiger partial charge on any atom is 0.319 e. The fourth-order valence-corrected chi connectivity index (χ4v) is 1.98. The van der Waals surface area contributed by atoms with Crippen LogP contribution in [0.3, 0.4) is 0 Å². The topological polar surface area (TPSA) is 70.7 Å². The lowest BCUT2D eigenvalue weighted by molar-refractivity contribution is -0.128. The maximum absolute atomic E-state index is 11.8. The second-order valence-electron chi connectivity index (χ2n) is 4.43. The van der Waals surface area contributed by atoms with Gasteiger partial charge in [-0.2, -0.15) is 0 Å². The van der Waals surface area contributed by atoms with E-state index in [2.05, 4.69) is 10.6 Å². The van der Waals surface area contributed by atoms with Crippen molar-refractivity contribution in [2.75, 3.05) is 26.0 Å². The van der Waals surface area contributed by atoms with E-state index in [0.717, 1.165) is 0 Å². The van der Waals surface area contributed by atoms with Crippen molar-refractivity contribution in [1.82, 2.24) is 10.2 Å². The molecule has 102 valence electrons. The van der Waals surface area contributed by atoms with E-state index in [1.165, 1.54) is 0 Å². The number of rotatable bonds is 3. The van der Waals surface area contributed by atoms with Gasteiger partial charge in [0.05, 0.1) is 7.11 Å². The van der Waals surface area contributed by atoms with E-state index in [4.69, 9.17) is 4.74 Å². The molecule has 0 spiro atoms. The molecule has 19 heavy (non-hydrogen) atoms. The first-order valence-electron chi connectivity index (χ1n) is 6.06. The summed E-state index contributed by atoms with van der Waals surface area (Å²) in [6.07, 6.45) is 0.640. The number of carbonyl (C=O) groups is 2. The molecule has 1 atom stereocenters. The zero-order valence-corrected chi connectivity index (χ0v) is 11.0. The van der Waals surface area contributed by atoms with Gasteiger partial charge in [0.15, 0.2) is 0 Å². The summed E-state index contributed by atoms with van der Waals surface area (Å²) < 4.78 is 5.07. The van der Waals surface area contributed by atoms with Crippen molar-refractivity contribution >= 4 is 17.6 Å². The summed E-state index contributed by atoms with van der Waals surface area (Å²) in [4.78, 5) is 25.1. The van der Waals surface area contributed by atoms with E-state index in [1.54, 1.807) is 43.3 Å². The monoisotopic (exact) mass is 263 g/mol. The Morgan fingerprint density at radius 2 is 2.26 bits per heavy atom. The Labute approximate surface area is 111 Å². The maximum atomic E-state index is 11.8. The third-order valence-electron chi connectivity index (χ3n) is 3.06. The lowest BCUT2D eigenvalue weighted by Gasteiger charge is -2.13. The van der Waals surface area contributed by atoms with Crippen LogP contribution < -0.4 is 15.4 Å². The number of likely N-dealkylation sites (N-methyl/N-ethyl adjacent to an activating group) is 1. The predicted octanol–water partition coefficient (Wildman–Crippen LogP) is 1.05. The molecule has 1 saturated heterocycles. The molecule has 6 heteroatoms. The van der Waals surface area contributed by atoms with Crippen molar-refractivity contribution in [3.8, 4) is 5.75 Å². The minimum absolute atomic E-state index is 0.0548. The molecule has 2 rings (SSSR count). The Morgan fingerprint density at radius 3 is 2.89 bits per heavy atom. The molecule has 1 heterocycles. The quantitative estimate of drug-likeness (QED) is 0.856. The first kappa shape index (κ1) is 13.2. The van der Waals surface area contributed by atoms with Crippen LogP contribution in [-0.2, 0) is 4.79 Å². The van der Waals surface area contributed by atoms with Crippen molar-refractivity contribution in [1.29, 1.82) is 0 Å². The number of nitrogens with zero attached hydrogens (tertiary/aromatic N) is 1. The van der Waals surface area contributed by atoms with E-state index >= 15 is 0 Å². The standard InChI is InChI=1S/C13H17N3O3/c1-16-7-6-11(12(16)17)15-13(18)14-9-4-3-5-10(8-9)19-2/h3-5,8,11H,6-7H2,1-2H3,(H2,14,15,18)/t11-/m0/s1. The van der Waals surface area contributed by atoms with Crippen molar-refractivity contribution in [3.63, 3.8) is 0 Å². The number of likely N-dealkylation sites (tertiary alicyclic amines) is 1. The Kier molecular flexibility index (Phi) is 3.89. The van der Waals surface area contributed by atoms with Crippen molar-refractivity contribution in [2.24, 2.45) is 0 Å². The molecule has 0 saturated carbocycles. The van der Waals surface area contributed by atoms with Crippen molar-refractivity contribution in [2.45, 2.75) is 12.5 Å². The third-order valence-corrected chi connectivity index (χ3v) is 3.06. The molecule has 0 aromatic heterocycles. The molecule has 0 unspecified atom stereocenters. The van der Waals surface area contributed by atoms with E-state index in [9.17, 15) is 9.59 Å². The molecule has 0 aliphatic carbocycles. The van der Waals surface area contributed by atoms with Crippen molar-refractivity contribution in [3.05, 3.63) is 24.3 Å². The lowest BCUT2D eigenvalue weighted by Crippen LogP contribution is -2.42. The van der Waals surface area contributed by atoms with E-state index in [0.29, 0.717) is 24.4 Å². The number of benzene rings is 1. The van der Waals surface area contributed by atoms with Gasteiger partial charge >= 0.3 is 6.03 Å². The molecule has 2 N–H and O–H groups in total. The summed E-state index contributed by atoms with van der Waals surface area (Å²) in [5.41, 5.74) is 0.621. The zero-order valence-electron chi connectivity index (χ0n) is 11.0. The normalized spacial score (nSPS) is 18.3. The number of hydrogen-bond donors (Lipinski definition) is 2. The van der Waals surface area contributed by atoms with Crippen LogP contribution >= 0.6 is 0 Å². The van der Waals surface area contributed by atoms with E-state index in [1.807, 2.05) is 0 Å². The van der Waals surface area contributed by atoms with Gasteiger partial charge in [-0.3, -0.25) is 4.79 Å². The van der Waals surface area contributed by atoms with Gasteiger partial charge in [0.25, 0.3) is 0 Å². The van der Waals surface area contributed by atoms with Crippen LogP contribution in [0.15, 0.2) is 24.3 Å². The number of methoxy groups -OCH3 is 1. The lowest BCUT2D eigenvalue weighted by atomic mass is 10.2. The van der Waals surface area contributed by atoms with Crippen molar-refractivity contribution < 1.29 is 14.3 Å². The molecule has 1 aromatic rings. The average Bonchev–Trinajstić information content (AvgIpc) is 2.71. The van der Waals surface area contributed by atoms with E-state index in [-0.39, 0.29) is 11.9 Å². The number of nitrogens with one attached hydrogen (secondary N) is 2. The number of urea groups is 1. The van der Waals surface area contributed by atoms with Gasteiger partial charge in [0.2, 0.25) is 5.91 Å². The fourth-order valence-electron chi connectivity index (χ4n) is 1.98. The van der Waals surface area contributed by atoms with Gasteiger partial charge in [0, 0.05) is 25.3 Å². The Balaban J connectivity index is 1.92. The molecular weight excluding hydrogens is 246 g/mol. The summed E-state index contributed by atoms with van der Waals surface area (Å²) in [7, 11) is 3.29. The highest BCUT2D eigenvalue weighted by Crippen LogP contribution is 2.16. The Morgan fingerprint density at radius 1 is 1.47 bits per heavy atom. The fraction of sp³-hybridized carbons (Fsp3) is 0.385. The molecule has 0 radical (unpaired) electrons. The summed E-state index contributed by atoms with van der Waals surface area (Å²) in [6, 6.07) is 6.21. The second kappa shape index (κ2) is 5.60. The third kappa shape index (κ3) is 3.15. The Hall–Kier alpha value is -2.24. The molecule has 1 fully saturated rings. The molecule has 1 aliphatic heterocycles. The first-order chi connectivity index (χ1) is 9.10. The Bertz CT molecular complexity index is 490. The van der Waals surface area contributed by atoms with Crippen LogP contribution in [0.4, 0.5) is 10.5 Å². The smallest absolute Gasteiger partial charge is 0.319 e. The highest BCUT2D eigenvalue weighted by molar-refractivity contribution is 5.94. The minimum atomic E-state index is -0.435. The van der Waals surface area contributed by atoms with Gasteiger partial charge in [-0.15, -0.1) is 0 Å². The van der Waals surface area contributed by atoms with Crippen LogP contribution in [-0.4, -0.2) is 43.6 Å². The number of carbonyl (C=O) groups excluding carboxylic acids is 2.